The second-order valence-electron chi connectivity index (χ2n) is 6.12. The molecule has 1 rings (SSSR count). The van der Waals surface area contributed by atoms with Crippen molar-refractivity contribution in [2.75, 3.05) is 0 Å². The van der Waals surface area contributed by atoms with Gasteiger partial charge in [0.05, 0.1) is 6.10 Å². The molecule has 0 fully saturated rings. The Bertz CT molecular complexity index is 423. The highest BCUT2D eigenvalue weighted by Crippen LogP contribution is 2.30. The first kappa shape index (κ1) is 17.1. The van der Waals surface area contributed by atoms with E-state index in [9.17, 15) is 9.90 Å². The van der Waals surface area contributed by atoms with Gasteiger partial charge in [0.25, 0.3) is 0 Å². The molecule has 3 nitrogen and oxygen atoms in total. The maximum absolute atomic E-state index is 12.3. The predicted octanol–water partition coefficient (Wildman–Crippen LogP) is 3.51. The van der Waals surface area contributed by atoms with E-state index in [0.717, 1.165) is 4.90 Å². The lowest BCUT2D eigenvalue weighted by Crippen LogP contribution is -2.39. The van der Waals surface area contributed by atoms with E-state index in [1.807, 2.05) is 65.0 Å². The van der Waals surface area contributed by atoms with Crippen LogP contribution < -0.4 is 0 Å². The summed E-state index contributed by atoms with van der Waals surface area (Å²) >= 11 is 1.35. The second kappa shape index (κ2) is 7.14. The molecule has 0 saturated heterocycles. The van der Waals surface area contributed by atoms with Crippen molar-refractivity contribution in [2.45, 2.75) is 56.5 Å². The number of aliphatic hydroxyl groups is 1. The van der Waals surface area contributed by atoms with Crippen molar-refractivity contribution in [1.82, 2.24) is 0 Å². The van der Waals surface area contributed by atoms with Gasteiger partial charge in [0, 0.05) is 4.90 Å². The van der Waals surface area contributed by atoms with Crippen LogP contribution in [0.4, 0.5) is 0 Å². The third kappa shape index (κ3) is 5.55. The number of hydrogen-bond donors (Lipinski definition) is 1. The van der Waals surface area contributed by atoms with Crippen molar-refractivity contribution in [2.24, 2.45) is 5.92 Å². The molecule has 2 atom stereocenters. The van der Waals surface area contributed by atoms with E-state index in [1.54, 1.807) is 0 Å². The van der Waals surface area contributed by atoms with E-state index in [1.165, 1.54) is 11.8 Å². The van der Waals surface area contributed by atoms with Crippen LogP contribution in [0.15, 0.2) is 35.2 Å². The van der Waals surface area contributed by atoms with Gasteiger partial charge >= 0.3 is 5.97 Å². The van der Waals surface area contributed by atoms with Crippen molar-refractivity contribution >= 4 is 17.7 Å². The SMILES string of the molecule is CC(C)[C@H](O)[C@H](Sc1ccccc1)C(=O)OC(C)(C)C. The number of aliphatic hydroxyl groups excluding tert-OH is 1. The van der Waals surface area contributed by atoms with Gasteiger partial charge in [-0.2, -0.15) is 0 Å². The Morgan fingerprint density at radius 2 is 1.75 bits per heavy atom. The Balaban J connectivity index is 2.88. The Kier molecular flexibility index (Phi) is 6.08. The lowest BCUT2D eigenvalue weighted by Gasteiger charge is -2.28. The molecule has 0 heterocycles. The fraction of sp³-hybridized carbons (Fsp3) is 0.562. The molecule has 1 aromatic carbocycles. The van der Waals surface area contributed by atoms with Gasteiger partial charge < -0.3 is 9.84 Å². The first-order valence-electron chi connectivity index (χ1n) is 6.83. The van der Waals surface area contributed by atoms with Crippen molar-refractivity contribution in [3.63, 3.8) is 0 Å². The zero-order valence-corrected chi connectivity index (χ0v) is 13.6. The highest BCUT2D eigenvalue weighted by atomic mass is 32.2. The van der Waals surface area contributed by atoms with Crippen LogP contribution in [0.1, 0.15) is 34.6 Å². The summed E-state index contributed by atoms with van der Waals surface area (Å²) in [6.45, 7) is 9.28. The molecular formula is C16H24O3S. The molecule has 0 radical (unpaired) electrons. The number of ether oxygens (including phenoxy) is 1. The molecule has 0 aliphatic carbocycles. The van der Waals surface area contributed by atoms with Crippen molar-refractivity contribution in [1.29, 1.82) is 0 Å². The van der Waals surface area contributed by atoms with Crippen LogP contribution in [0.3, 0.4) is 0 Å². The smallest absolute Gasteiger partial charge is 0.322 e. The molecule has 0 aromatic heterocycles. The van der Waals surface area contributed by atoms with E-state index >= 15 is 0 Å². The van der Waals surface area contributed by atoms with E-state index < -0.39 is 17.0 Å². The van der Waals surface area contributed by atoms with E-state index in [0.29, 0.717) is 0 Å². The van der Waals surface area contributed by atoms with E-state index in [-0.39, 0.29) is 11.9 Å². The fourth-order valence-corrected chi connectivity index (χ4v) is 2.82. The minimum atomic E-state index is -0.741. The molecule has 0 spiro atoms. The summed E-state index contributed by atoms with van der Waals surface area (Å²) in [5, 5.41) is 9.68. The number of rotatable bonds is 5. The van der Waals surface area contributed by atoms with E-state index in [2.05, 4.69) is 0 Å². The topological polar surface area (TPSA) is 46.5 Å². The molecule has 0 aliphatic rings. The maximum atomic E-state index is 12.3. The van der Waals surface area contributed by atoms with Crippen LogP contribution in [0.5, 0.6) is 0 Å². The summed E-state index contributed by atoms with van der Waals surface area (Å²) in [5.74, 6) is -0.378. The fourth-order valence-electron chi connectivity index (χ4n) is 1.61. The summed E-state index contributed by atoms with van der Waals surface area (Å²) in [4.78, 5) is 13.3. The zero-order chi connectivity index (χ0) is 15.3. The molecule has 1 N–H and O–H groups in total. The lowest BCUT2D eigenvalue weighted by atomic mass is 10.0. The van der Waals surface area contributed by atoms with Gasteiger partial charge in [0.1, 0.15) is 10.9 Å². The third-order valence-electron chi connectivity index (χ3n) is 2.64. The van der Waals surface area contributed by atoms with Gasteiger partial charge in [-0.15, -0.1) is 11.8 Å². The van der Waals surface area contributed by atoms with Gasteiger partial charge in [-0.1, -0.05) is 32.0 Å². The van der Waals surface area contributed by atoms with Gasteiger partial charge in [0.15, 0.2) is 0 Å². The maximum Gasteiger partial charge on any atom is 0.322 e. The number of thioether (sulfide) groups is 1. The number of carbonyl (C=O) groups excluding carboxylic acids is 1. The normalized spacial score (nSPS) is 14.9. The summed E-state index contributed by atoms with van der Waals surface area (Å²) in [7, 11) is 0. The molecule has 0 saturated carbocycles. The first-order valence-corrected chi connectivity index (χ1v) is 7.71. The molecule has 1 aromatic rings. The molecular weight excluding hydrogens is 272 g/mol. The zero-order valence-electron chi connectivity index (χ0n) is 12.8. The quantitative estimate of drug-likeness (QED) is 0.667. The van der Waals surface area contributed by atoms with Gasteiger partial charge in [0.2, 0.25) is 0 Å². The third-order valence-corrected chi connectivity index (χ3v) is 3.91. The highest BCUT2D eigenvalue weighted by molar-refractivity contribution is 8.00. The van der Waals surface area contributed by atoms with Gasteiger partial charge in [-0.25, -0.2) is 0 Å². The van der Waals surface area contributed by atoms with Gasteiger partial charge in [-0.3, -0.25) is 4.79 Å². The Hall–Kier alpha value is -1.00. The van der Waals surface area contributed by atoms with Crippen LogP contribution in [0.2, 0.25) is 0 Å². The second-order valence-corrected chi connectivity index (χ2v) is 7.33. The van der Waals surface area contributed by atoms with Crippen LogP contribution in [0, 0.1) is 5.92 Å². The largest absolute Gasteiger partial charge is 0.459 e. The summed E-state index contributed by atoms with van der Waals surface area (Å²) < 4.78 is 5.42. The number of esters is 1. The number of hydrogen-bond acceptors (Lipinski definition) is 4. The van der Waals surface area contributed by atoms with Crippen molar-refractivity contribution < 1.29 is 14.6 Å². The Morgan fingerprint density at radius 1 is 1.20 bits per heavy atom. The molecule has 0 unspecified atom stereocenters. The average Bonchev–Trinajstić information content (AvgIpc) is 2.34. The number of benzene rings is 1. The van der Waals surface area contributed by atoms with Crippen LogP contribution in [-0.2, 0) is 9.53 Å². The summed E-state index contributed by atoms with van der Waals surface area (Å²) in [5.41, 5.74) is -0.552. The molecule has 0 aliphatic heterocycles. The number of carbonyl (C=O) groups is 1. The van der Waals surface area contributed by atoms with Crippen LogP contribution in [-0.4, -0.2) is 28.0 Å². The first-order chi connectivity index (χ1) is 9.20. The average molecular weight is 296 g/mol. The van der Waals surface area contributed by atoms with Crippen LogP contribution in [0.25, 0.3) is 0 Å². The van der Waals surface area contributed by atoms with Crippen molar-refractivity contribution in [3.05, 3.63) is 30.3 Å². The molecule has 0 amide bonds. The molecule has 4 heteroatoms. The molecule has 20 heavy (non-hydrogen) atoms. The van der Waals surface area contributed by atoms with Gasteiger partial charge in [-0.05, 0) is 38.8 Å². The molecule has 112 valence electrons. The standard InChI is InChI=1S/C16H24O3S/c1-11(2)13(17)14(15(18)19-16(3,4)5)20-12-9-7-6-8-10-12/h6-11,13-14,17H,1-5H3/t13-,14-/m0/s1. The Morgan fingerprint density at radius 3 is 2.20 bits per heavy atom. The highest BCUT2D eigenvalue weighted by Gasteiger charge is 2.33. The van der Waals surface area contributed by atoms with Crippen molar-refractivity contribution in [3.8, 4) is 0 Å². The molecule has 0 bridgehead atoms. The Labute approximate surface area is 125 Å². The van der Waals surface area contributed by atoms with Crippen LogP contribution >= 0.6 is 11.8 Å². The summed E-state index contributed by atoms with van der Waals surface area (Å²) in [6, 6.07) is 9.60. The monoisotopic (exact) mass is 296 g/mol. The summed E-state index contributed by atoms with van der Waals surface area (Å²) in [6.07, 6.45) is -0.741. The predicted molar refractivity (Wildman–Crippen MR) is 82.8 cm³/mol. The van der Waals surface area contributed by atoms with E-state index in [4.69, 9.17) is 4.74 Å². The minimum absolute atomic E-state index is 0.0104. The minimum Gasteiger partial charge on any atom is -0.459 e. The lowest BCUT2D eigenvalue weighted by molar-refractivity contribution is -0.156.